The van der Waals surface area contributed by atoms with Gasteiger partial charge in [0.25, 0.3) is 0 Å². The molecule has 3 aliphatic rings. The van der Waals surface area contributed by atoms with Crippen molar-refractivity contribution < 1.29 is 4.79 Å². The minimum absolute atomic E-state index is 0.155. The van der Waals surface area contributed by atoms with Gasteiger partial charge >= 0.3 is 0 Å². The van der Waals surface area contributed by atoms with Crippen LogP contribution in [0.5, 0.6) is 0 Å². The Morgan fingerprint density at radius 3 is 2.27 bits per heavy atom. The Hall–Kier alpha value is -0.530. The smallest absolute Gasteiger partial charge is 0.228 e. The van der Waals surface area contributed by atoms with Gasteiger partial charge in [0.05, 0.1) is 0 Å². The second-order valence-electron chi connectivity index (χ2n) is 5.87. The van der Waals surface area contributed by atoms with Crippen LogP contribution < -0.4 is 0 Å². The molecule has 2 bridgehead atoms. The molecule has 0 N–H and O–H groups in total. The van der Waals surface area contributed by atoms with Gasteiger partial charge in [0.2, 0.25) is 5.91 Å². The topological polar surface area (TPSA) is 20.3 Å². The summed E-state index contributed by atoms with van der Waals surface area (Å²) in [6.45, 7) is 7.31. The lowest BCUT2D eigenvalue weighted by Gasteiger charge is -2.47. The summed E-state index contributed by atoms with van der Waals surface area (Å²) in [5.74, 6) is 1.19. The molecule has 2 saturated heterocycles. The monoisotopic (exact) mass is 209 g/mol. The predicted molar refractivity (Wildman–Crippen MR) is 61.5 cm³/mol. The number of carbonyl (C=O) groups excluding carboxylic acids is 1. The SMILES string of the molecule is CCC(C)(C)C(=O)N1CC2CCC1CC2. The summed E-state index contributed by atoms with van der Waals surface area (Å²) < 4.78 is 0. The molecule has 3 rings (SSSR count). The average molecular weight is 209 g/mol. The van der Waals surface area contributed by atoms with Crippen molar-refractivity contribution in [2.24, 2.45) is 11.3 Å². The summed E-state index contributed by atoms with van der Waals surface area (Å²) in [7, 11) is 0. The number of hydrogen-bond donors (Lipinski definition) is 0. The molecule has 1 saturated carbocycles. The minimum Gasteiger partial charge on any atom is -0.339 e. The van der Waals surface area contributed by atoms with E-state index in [-0.39, 0.29) is 5.41 Å². The van der Waals surface area contributed by atoms with Crippen molar-refractivity contribution in [2.45, 2.75) is 58.9 Å². The summed E-state index contributed by atoms with van der Waals surface area (Å²) in [5.41, 5.74) is -0.155. The third kappa shape index (κ3) is 1.91. The largest absolute Gasteiger partial charge is 0.339 e. The van der Waals surface area contributed by atoms with Crippen LogP contribution in [0.2, 0.25) is 0 Å². The lowest BCUT2D eigenvalue weighted by Crippen LogP contribution is -2.54. The fourth-order valence-electron chi connectivity index (χ4n) is 2.86. The second kappa shape index (κ2) is 3.80. The van der Waals surface area contributed by atoms with E-state index in [9.17, 15) is 4.79 Å². The van der Waals surface area contributed by atoms with E-state index in [1.807, 2.05) is 0 Å². The summed E-state index contributed by atoms with van der Waals surface area (Å²) in [6, 6.07) is 0.563. The van der Waals surface area contributed by atoms with E-state index < -0.39 is 0 Å². The van der Waals surface area contributed by atoms with Crippen molar-refractivity contribution in [1.29, 1.82) is 0 Å². The molecule has 2 heteroatoms. The highest BCUT2D eigenvalue weighted by atomic mass is 16.2. The summed E-state index contributed by atoms with van der Waals surface area (Å²) in [4.78, 5) is 14.5. The molecule has 0 aromatic carbocycles. The average Bonchev–Trinajstić information content (AvgIpc) is 2.29. The lowest BCUT2D eigenvalue weighted by molar-refractivity contribution is -0.148. The predicted octanol–water partition coefficient (Wildman–Crippen LogP) is 2.82. The Balaban J connectivity index is 2.08. The van der Waals surface area contributed by atoms with E-state index in [2.05, 4.69) is 25.7 Å². The van der Waals surface area contributed by atoms with E-state index in [1.54, 1.807) is 0 Å². The van der Waals surface area contributed by atoms with Crippen molar-refractivity contribution in [3.8, 4) is 0 Å². The second-order valence-corrected chi connectivity index (χ2v) is 5.87. The van der Waals surface area contributed by atoms with E-state index in [0.29, 0.717) is 11.9 Å². The first-order valence-electron chi connectivity index (χ1n) is 6.35. The Bertz CT molecular complexity index is 251. The van der Waals surface area contributed by atoms with Gasteiger partial charge in [0.1, 0.15) is 0 Å². The molecule has 86 valence electrons. The van der Waals surface area contributed by atoms with Crippen molar-refractivity contribution in [3.05, 3.63) is 0 Å². The summed E-state index contributed by atoms with van der Waals surface area (Å²) in [5, 5.41) is 0. The molecule has 0 atom stereocenters. The van der Waals surface area contributed by atoms with Gasteiger partial charge in [0.15, 0.2) is 0 Å². The molecule has 0 radical (unpaired) electrons. The normalized spacial score (nSPS) is 30.7. The maximum atomic E-state index is 12.4. The van der Waals surface area contributed by atoms with Gasteiger partial charge in [0, 0.05) is 18.0 Å². The van der Waals surface area contributed by atoms with Gasteiger partial charge in [-0.2, -0.15) is 0 Å². The lowest BCUT2D eigenvalue weighted by atomic mass is 9.77. The quantitative estimate of drug-likeness (QED) is 0.685. The van der Waals surface area contributed by atoms with Crippen molar-refractivity contribution in [1.82, 2.24) is 4.90 Å². The Labute approximate surface area is 93.0 Å². The van der Waals surface area contributed by atoms with E-state index in [1.165, 1.54) is 25.7 Å². The molecule has 0 aromatic rings. The van der Waals surface area contributed by atoms with Crippen molar-refractivity contribution in [2.75, 3.05) is 6.54 Å². The molecule has 0 unspecified atom stereocenters. The standard InChI is InChI=1S/C13H23NO/c1-4-13(2,3)12(15)14-9-10-5-7-11(14)8-6-10/h10-11H,4-9H2,1-3H3. The van der Waals surface area contributed by atoms with Crippen molar-refractivity contribution >= 4 is 5.91 Å². The zero-order valence-electron chi connectivity index (χ0n) is 10.3. The molecule has 0 spiro atoms. The van der Waals surface area contributed by atoms with Crippen LogP contribution in [-0.2, 0) is 4.79 Å². The number of carbonyl (C=O) groups is 1. The molecule has 2 nitrogen and oxygen atoms in total. The molecule has 3 fully saturated rings. The number of piperidine rings is 2. The third-order valence-corrected chi connectivity index (χ3v) is 4.44. The molecular weight excluding hydrogens is 186 g/mol. The van der Waals surface area contributed by atoms with E-state index in [4.69, 9.17) is 0 Å². The fourth-order valence-corrected chi connectivity index (χ4v) is 2.86. The molecule has 1 amide bonds. The van der Waals surface area contributed by atoms with Crippen LogP contribution in [0.25, 0.3) is 0 Å². The van der Waals surface area contributed by atoms with Gasteiger partial charge in [-0.15, -0.1) is 0 Å². The van der Waals surface area contributed by atoms with Gasteiger partial charge in [-0.05, 0) is 38.0 Å². The van der Waals surface area contributed by atoms with Gasteiger partial charge in [-0.1, -0.05) is 20.8 Å². The maximum absolute atomic E-state index is 12.4. The first-order valence-corrected chi connectivity index (χ1v) is 6.35. The van der Waals surface area contributed by atoms with E-state index >= 15 is 0 Å². The Morgan fingerprint density at radius 2 is 1.87 bits per heavy atom. The zero-order valence-corrected chi connectivity index (χ0v) is 10.3. The summed E-state index contributed by atoms with van der Waals surface area (Å²) in [6.07, 6.45) is 6.13. The maximum Gasteiger partial charge on any atom is 0.228 e. The van der Waals surface area contributed by atoms with Crippen LogP contribution in [0.4, 0.5) is 0 Å². The van der Waals surface area contributed by atoms with Crippen LogP contribution in [-0.4, -0.2) is 23.4 Å². The summed E-state index contributed by atoms with van der Waals surface area (Å²) >= 11 is 0. The first-order chi connectivity index (χ1) is 7.04. The Kier molecular flexibility index (Phi) is 2.78. The van der Waals surface area contributed by atoms with Crippen LogP contribution in [0.3, 0.4) is 0 Å². The number of hydrogen-bond acceptors (Lipinski definition) is 1. The number of amides is 1. The molecule has 0 aromatic heterocycles. The molecule has 15 heavy (non-hydrogen) atoms. The van der Waals surface area contributed by atoms with Crippen LogP contribution in [0.15, 0.2) is 0 Å². The van der Waals surface area contributed by atoms with E-state index in [0.717, 1.165) is 18.9 Å². The fraction of sp³-hybridized carbons (Fsp3) is 0.923. The molecule has 2 aliphatic heterocycles. The highest BCUT2D eigenvalue weighted by Crippen LogP contribution is 2.37. The molecule has 1 aliphatic carbocycles. The first kappa shape index (κ1) is 11.0. The Morgan fingerprint density at radius 1 is 1.27 bits per heavy atom. The van der Waals surface area contributed by atoms with Gasteiger partial charge < -0.3 is 4.90 Å². The third-order valence-electron chi connectivity index (χ3n) is 4.44. The van der Waals surface area contributed by atoms with Crippen molar-refractivity contribution in [3.63, 3.8) is 0 Å². The number of fused-ring (bicyclic) bond motifs is 3. The van der Waals surface area contributed by atoms with Crippen LogP contribution in [0.1, 0.15) is 52.9 Å². The zero-order chi connectivity index (χ0) is 11.1. The van der Waals surface area contributed by atoms with Crippen LogP contribution in [0, 0.1) is 11.3 Å². The molecule has 2 heterocycles. The van der Waals surface area contributed by atoms with Gasteiger partial charge in [-0.3, -0.25) is 4.79 Å². The molecular formula is C13H23NO. The number of nitrogens with zero attached hydrogens (tertiary/aromatic N) is 1. The minimum atomic E-state index is -0.155. The highest BCUT2D eigenvalue weighted by molar-refractivity contribution is 5.82. The van der Waals surface area contributed by atoms with Crippen LogP contribution >= 0.6 is 0 Å². The highest BCUT2D eigenvalue weighted by Gasteiger charge is 2.40. The van der Waals surface area contributed by atoms with Gasteiger partial charge in [-0.25, -0.2) is 0 Å². The number of rotatable bonds is 2.